The maximum Gasteiger partial charge on any atom is 0.0686 e. The largest absolute Gasteiger partial charge is 0.318 e. The van der Waals surface area contributed by atoms with Gasteiger partial charge >= 0.3 is 0 Å². The number of nitrogens with one attached hydrogen (secondary N) is 1. The van der Waals surface area contributed by atoms with Crippen LogP contribution in [0.3, 0.4) is 0 Å². The quantitative estimate of drug-likeness (QED) is 0.892. The van der Waals surface area contributed by atoms with Crippen molar-refractivity contribution in [3.8, 4) is 0 Å². The summed E-state index contributed by atoms with van der Waals surface area (Å²) in [6.45, 7) is 3.17. The highest BCUT2D eigenvalue weighted by atomic mass is 79.9. The van der Waals surface area contributed by atoms with Crippen molar-refractivity contribution in [1.82, 2.24) is 15.2 Å². The van der Waals surface area contributed by atoms with Crippen LogP contribution in [0.2, 0.25) is 0 Å². The third kappa shape index (κ3) is 3.50. The molecule has 0 saturated carbocycles. The number of likely N-dealkylation sites (tertiary alicyclic amines) is 1. The predicted molar refractivity (Wildman–Crippen MR) is 77.0 cm³/mol. The predicted octanol–water partition coefficient (Wildman–Crippen LogP) is 2.79. The smallest absolute Gasteiger partial charge is 0.0686 e. The van der Waals surface area contributed by atoms with E-state index in [1.54, 1.807) is 0 Å². The Labute approximate surface area is 119 Å². The lowest BCUT2D eigenvalue weighted by Gasteiger charge is -2.24. The standard InChI is InChI=1S/C12H17Br2N3/c1-15-7-10-3-2-4-17(10)8-12-11(14)5-9(13)6-16-12/h5-6,10,15H,2-4,7-8H2,1H3. The molecular weight excluding hydrogens is 346 g/mol. The number of hydrogen-bond acceptors (Lipinski definition) is 3. The Bertz CT molecular complexity index is 384. The monoisotopic (exact) mass is 361 g/mol. The fourth-order valence-corrected chi connectivity index (χ4v) is 3.43. The van der Waals surface area contributed by atoms with Gasteiger partial charge < -0.3 is 5.32 Å². The first-order chi connectivity index (χ1) is 8.20. The highest BCUT2D eigenvalue weighted by molar-refractivity contribution is 9.11. The average molecular weight is 363 g/mol. The van der Waals surface area contributed by atoms with E-state index < -0.39 is 0 Å². The van der Waals surface area contributed by atoms with Crippen molar-refractivity contribution in [2.24, 2.45) is 0 Å². The van der Waals surface area contributed by atoms with Crippen LogP contribution in [-0.4, -0.2) is 36.1 Å². The molecule has 1 aliphatic rings. The first-order valence-electron chi connectivity index (χ1n) is 5.89. The van der Waals surface area contributed by atoms with Gasteiger partial charge in [0.05, 0.1) is 5.69 Å². The van der Waals surface area contributed by atoms with Crippen LogP contribution in [0.1, 0.15) is 18.5 Å². The summed E-state index contributed by atoms with van der Waals surface area (Å²) < 4.78 is 2.10. The molecule has 1 aromatic rings. The molecule has 0 aromatic carbocycles. The second kappa shape index (κ2) is 6.27. The van der Waals surface area contributed by atoms with Gasteiger partial charge in [0.1, 0.15) is 0 Å². The Kier molecular flexibility index (Phi) is 4.97. The van der Waals surface area contributed by atoms with E-state index >= 15 is 0 Å². The molecule has 0 bridgehead atoms. The first-order valence-corrected chi connectivity index (χ1v) is 7.48. The van der Waals surface area contributed by atoms with Crippen LogP contribution < -0.4 is 5.32 Å². The Balaban J connectivity index is 2.04. The summed E-state index contributed by atoms with van der Waals surface area (Å²) in [6.07, 6.45) is 4.44. The van der Waals surface area contributed by atoms with E-state index in [1.807, 2.05) is 13.2 Å². The van der Waals surface area contributed by atoms with E-state index in [9.17, 15) is 0 Å². The van der Waals surface area contributed by atoms with Gasteiger partial charge in [-0.1, -0.05) is 0 Å². The fourth-order valence-electron chi connectivity index (χ4n) is 2.32. The Morgan fingerprint density at radius 1 is 1.53 bits per heavy atom. The van der Waals surface area contributed by atoms with Crippen molar-refractivity contribution < 1.29 is 0 Å². The number of rotatable bonds is 4. The van der Waals surface area contributed by atoms with E-state index in [0.29, 0.717) is 6.04 Å². The van der Waals surface area contributed by atoms with Gasteiger partial charge in [0.2, 0.25) is 0 Å². The molecule has 3 nitrogen and oxygen atoms in total. The summed E-state index contributed by atoms with van der Waals surface area (Å²) in [6, 6.07) is 2.71. The van der Waals surface area contributed by atoms with Gasteiger partial charge in [0.15, 0.2) is 0 Å². The third-order valence-electron chi connectivity index (χ3n) is 3.18. The van der Waals surface area contributed by atoms with E-state index in [4.69, 9.17) is 0 Å². The van der Waals surface area contributed by atoms with Crippen molar-refractivity contribution >= 4 is 31.9 Å². The molecule has 2 rings (SSSR count). The number of hydrogen-bond donors (Lipinski definition) is 1. The van der Waals surface area contributed by atoms with Gasteiger partial charge in [0, 0.05) is 34.3 Å². The second-order valence-electron chi connectivity index (χ2n) is 4.41. The van der Waals surface area contributed by atoms with Gasteiger partial charge in [-0.25, -0.2) is 0 Å². The molecule has 2 heterocycles. The molecule has 5 heteroatoms. The molecule has 1 aromatic heterocycles. The third-order valence-corrected chi connectivity index (χ3v) is 4.30. The van der Waals surface area contributed by atoms with Crippen LogP contribution >= 0.6 is 31.9 Å². The summed E-state index contributed by atoms with van der Waals surface area (Å²) in [5, 5.41) is 3.27. The molecule has 0 aliphatic carbocycles. The highest BCUT2D eigenvalue weighted by Gasteiger charge is 2.24. The summed E-state index contributed by atoms with van der Waals surface area (Å²) >= 11 is 7.01. The van der Waals surface area contributed by atoms with Gasteiger partial charge in [-0.05, 0) is 64.4 Å². The minimum atomic E-state index is 0.650. The van der Waals surface area contributed by atoms with E-state index in [-0.39, 0.29) is 0 Å². The lowest BCUT2D eigenvalue weighted by atomic mass is 10.2. The zero-order valence-corrected chi connectivity index (χ0v) is 13.1. The molecule has 0 amide bonds. The van der Waals surface area contributed by atoms with Crippen molar-refractivity contribution in [3.05, 3.63) is 26.9 Å². The summed E-state index contributed by atoms with van der Waals surface area (Å²) in [7, 11) is 2.02. The van der Waals surface area contributed by atoms with Gasteiger partial charge in [-0.15, -0.1) is 0 Å². The van der Waals surface area contributed by atoms with E-state index in [1.165, 1.54) is 19.4 Å². The van der Waals surface area contributed by atoms with Gasteiger partial charge in [0.25, 0.3) is 0 Å². The zero-order chi connectivity index (χ0) is 12.3. The Morgan fingerprint density at radius 2 is 2.35 bits per heavy atom. The van der Waals surface area contributed by atoms with E-state index in [0.717, 1.165) is 27.7 Å². The lowest BCUT2D eigenvalue weighted by molar-refractivity contribution is 0.239. The zero-order valence-electron chi connectivity index (χ0n) is 9.92. The summed E-state index contributed by atoms with van der Waals surface area (Å²) in [5.41, 5.74) is 1.12. The maximum absolute atomic E-state index is 4.48. The number of aromatic nitrogens is 1. The van der Waals surface area contributed by atoms with Crippen molar-refractivity contribution in [2.75, 3.05) is 20.1 Å². The molecule has 1 aliphatic heterocycles. The SMILES string of the molecule is CNCC1CCCN1Cc1ncc(Br)cc1Br. The number of nitrogens with zero attached hydrogens (tertiary/aromatic N) is 2. The van der Waals surface area contributed by atoms with Gasteiger partial charge in [-0.2, -0.15) is 0 Å². The molecule has 94 valence electrons. The minimum absolute atomic E-state index is 0.650. The van der Waals surface area contributed by atoms with Crippen molar-refractivity contribution in [2.45, 2.75) is 25.4 Å². The number of halogens is 2. The molecule has 0 radical (unpaired) electrons. The molecule has 17 heavy (non-hydrogen) atoms. The van der Waals surface area contributed by atoms with Crippen LogP contribution in [0.15, 0.2) is 21.2 Å². The van der Waals surface area contributed by atoms with Crippen molar-refractivity contribution in [3.63, 3.8) is 0 Å². The number of pyridine rings is 1. The Hall–Kier alpha value is 0.0300. The highest BCUT2D eigenvalue weighted by Crippen LogP contribution is 2.24. The average Bonchev–Trinajstić information content (AvgIpc) is 2.71. The second-order valence-corrected chi connectivity index (χ2v) is 6.18. The normalized spacial score (nSPS) is 21.0. The molecule has 1 atom stereocenters. The van der Waals surface area contributed by atoms with E-state index in [2.05, 4.69) is 53.1 Å². The van der Waals surface area contributed by atoms with Crippen molar-refractivity contribution in [1.29, 1.82) is 0 Å². The maximum atomic E-state index is 4.48. The minimum Gasteiger partial charge on any atom is -0.318 e. The lowest BCUT2D eigenvalue weighted by Crippen LogP contribution is -2.36. The number of likely N-dealkylation sites (N-methyl/N-ethyl adjacent to an activating group) is 1. The molecule has 1 saturated heterocycles. The van der Waals surface area contributed by atoms with Crippen LogP contribution in [0.5, 0.6) is 0 Å². The summed E-state index contributed by atoms with van der Waals surface area (Å²) in [5.74, 6) is 0. The molecule has 1 N–H and O–H groups in total. The van der Waals surface area contributed by atoms with Crippen LogP contribution in [-0.2, 0) is 6.54 Å². The molecule has 0 spiro atoms. The summed E-state index contributed by atoms with van der Waals surface area (Å²) in [4.78, 5) is 6.99. The molecule has 1 fully saturated rings. The van der Waals surface area contributed by atoms with Crippen LogP contribution in [0.25, 0.3) is 0 Å². The fraction of sp³-hybridized carbons (Fsp3) is 0.583. The Morgan fingerprint density at radius 3 is 3.06 bits per heavy atom. The molecular formula is C12H17Br2N3. The van der Waals surface area contributed by atoms with Gasteiger partial charge in [-0.3, -0.25) is 9.88 Å². The molecule has 1 unspecified atom stereocenters. The van der Waals surface area contributed by atoms with Crippen LogP contribution in [0.4, 0.5) is 0 Å². The topological polar surface area (TPSA) is 28.2 Å². The first kappa shape index (κ1) is 13.5. The van der Waals surface area contributed by atoms with Crippen LogP contribution in [0, 0.1) is 0 Å².